The van der Waals surface area contributed by atoms with Crippen molar-refractivity contribution < 1.29 is 23.8 Å². The van der Waals surface area contributed by atoms with Gasteiger partial charge in [-0.3, -0.25) is 4.79 Å². The lowest BCUT2D eigenvalue weighted by atomic mass is 10.1. The molecule has 2 aromatic carbocycles. The summed E-state index contributed by atoms with van der Waals surface area (Å²) in [6.45, 7) is 2.64. The zero-order chi connectivity index (χ0) is 20.6. The van der Waals surface area contributed by atoms with Crippen molar-refractivity contribution in [2.24, 2.45) is 0 Å². The van der Waals surface area contributed by atoms with Gasteiger partial charge in [0.05, 0.1) is 19.3 Å². The minimum atomic E-state index is -0.613. The van der Waals surface area contributed by atoms with Crippen molar-refractivity contribution in [1.82, 2.24) is 5.32 Å². The van der Waals surface area contributed by atoms with Gasteiger partial charge in [-0.1, -0.05) is 35.9 Å². The summed E-state index contributed by atoms with van der Waals surface area (Å²) < 4.78 is 16.2. The number of esters is 1. The Labute approximate surface area is 174 Å². The molecule has 0 bridgehead atoms. The topological polar surface area (TPSA) is 73.9 Å². The van der Waals surface area contributed by atoms with Crippen LogP contribution in [0.2, 0.25) is 5.02 Å². The first kappa shape index (κ1) is 20.7. The monoisotopic (exact) mass is 415 g/mol. The predicted molar refractivity (Wildman–Crippen MR) is 110 cm³/mol. The maximum absolute atomic E-state index is 12.0. The summed E-state index contributed by atoms with van der Waals surface area (Å²) in [5.74, 6) is 0.310. The number of nitrogens with one attached hydrogen (secondary N) is 1. The summed E-state index contributed by atoms with van der Waals surface area (Å²) in [6, 6.07) is 12.4. The van der Waals surface area contributed by atoms with Gasteiger partial charge in [0, 0.05) is 17.5 Å². The van der Waals surface area contributed by atoms with Crippen LogP contribution in [0.1, 0.15) is 30.5 Å². The minimum Gasteiger partial charge on any atom is -0.490 e. The predicted octanol–water partition coefficient (Wildman–Crippen LogP) is 3.94. The molecule has 1 N–H and O–H groups in total. The lowest BCUT2D eigenvalue weighted by Crippen LogP contribution is -2.31. The van der Waals surface area contributed by atoms with Gasteiger partial charge in [-0.2, -0.15) is 0 Å². The average Bonchev–Trinajstić information content (AvgIpc) is 2.96. The maximum Gasteiger partial charge on any atom is 0.331 e. The molecule has 0 aromatic heterocycles. The van der Waals surface area contributed by atoms with Gasteiger partial charge in [0.1, 0.15) is 0 Å². The summed E-state index contributed by atoms with van der Waals surface area (Å²) in [6.07, 6.45) is 3.69. The van der Waals surface area contributed by atoms with Gasteiger partial charge in [0.2, 0.25) is 0 Å². The molecule has 6 nitrogen and oxygen atoms in total. The lowest BCUT2D eigenvalue weighted by Gasteiger charge is -2.15. The standard InChI is InChI=1S/C22H22ClNO5/c1-15(17-5-2-3-6-18(17)23)24-21(25)14-29-22(26)10-8-16-7-9-19-20(13-16)28-12-4-11-27-19/h2-3,5-10,13,15H,4,11-12,14H2,1H3,(H,24,25)/b10-8+/t15-/m0/s1. The fourth-order valence-electron chi connectivity index (χ4n) is 2.82. The van der Waals surface area contributed by atoms with Gasteiger partial charge in [0.15, 0.2) is 18.1 Å². The summed E-state index contributed by atoms with van der Waals surface area (Å²) in [5, 5.41) is 3.32. The number of benzene rings is 2. The molecule has 1 atom stereocenters. The maximum atomic E-state index is 12.0. The zero-order valence-electron chi connectivity index (χ0n) is 16.0. The highest BCUT2D eigenvalue weighted by Gasteiger charge is 2.13. The highest BCUT2D eigenvalue weighted by atomic mass is 35.5. The van der Waals surface area contributed by atoms with E-state index >= 15 is 0 Å². The quantitative estimate of drug-likeness (QED) is 0.571. The van der Waals surface area contributed by atoms with Gasteiger partial charge in [-0.25, -0.2) is 4.79 Å². The fourth-order valence-corrected chi connectivity index (χ4v) is 3.12. The number of carbonyl (C=O) groups is 2. The molecule has 3 rings (SSSR count). The Kier molecular flexibility index (Phi) is 7.14. The first-order chi connectivity index (χ1) is 14.0. The van der Waals surface area contributed by atoms with Crippen LogP contribution in [-0.2, 0) is 14.3 Å². The Morgan fingerprint density at radius 1 is 1.17 bits per heavy atom. The molecule has 152 valence electrons. The van der Waals surface area contributed by atoms with Crippen LogP contribution in [0.15, 0.2) is 48.5 Å². The van der Waals surface area contributed by atoms with E-state index in [-0.39, 0.29) is 12.6 Å². The number of hydrogen-bond donors (Lipinski definition) is 1. The second kappa shape index (κ2) is 9.98. The minimum absolute atomic E-state index is 0.299. The molecular weight excluding hydrogens is 394 g/mol. The van der Waals surface area contributed by atoms with Crippen LogP contribution in [-0.4, -0.2) is 31.7 Å². The molecule has 0 unspecified atom stereocenters. The Hall–Kier alpha value is -2.99. The van der Waals surface area contributed by atoms with Crippen LogP contribution in [0, 0.1) is 0 Å². The number of carbonyl (C=O) groups excluding carboxylic acids is 2. The molecule has 1 aliphatic heterocycles. The largest absolute Gasteiger partial charge is 0.490 e. The van der Waals surface area contributed by atoms with Crippen molar-refractivity contribution in [3.8, 4) is 11.5 Å². The first-order valence-corrected chi connectivity index (χ1v) is 9.69. The molecule has 0 radical (unpaired) electrons. The summed E-state index contributed by atoms with van der Waals surface area (Å²) in [4.78, 5) is 23.9. The normalized spacial score (nSPS) is 14.1. The summed E-state index contributed by atoms with van der Waals surface area (Å²) in [7, 11) is 0. The third-order valence-corrected chi connectivity index (χ3v) is 4.62. The van der Waals surface area contributed by atoms with Crippen molar-refractivity contribution >= 4 is 29.6 Å². The van der Waals surface area contributed by atoms with E-state index in [9.17, 15) is 9.59 Å². The van der Waals surface area contributed by atoms with E-state index in [1.807, 2.05) is 31.2 Å². The molecular formula is C22H22ClNO5. The third-order valence-electron chi connectivity index (χ3n) is 4.28. The number of ether oxygens (including phenoxy) is 3. The van der Waals surface area contributed by atoms with Crippen molar-refractivity contribution in [2.75, 3.05) is 19.8 Å². The number of fused-ring (bicyclic) bond motifs is 1. The second-order valence-electron chi connectivity index (χ2n) is 6.51. The fraction of sp³-hybridized carbons (Fsp3) is 0.273. The number of rotatable bonds is 6. The van der Waals surface area contributed by atoms with Crippen LogP contribution < -0.4 is 14.8 Å². The van der Waals surface area contributed by atoms with Crippen molar-refractivity contribution in [1.29, 1.82) is 0 Å². The molecule has 0 saturated carbocycles. The van der Waals surface area contributed by atoms with Crippen LogP contribution in [0.4, 0.5) is 0 Å². The Bertz CT molecular complexity index is 912. The van der Waals surface area contributed by atoms with E-state index in [1.54, 1.807) is 24.3 Å². The highest BCUT2D eigenvalue weighted by Crippen LogP contribution is 2.30. The highest BCUT2D eigenvalue weighted by molar-refractivity contribution is 6.31. The van der Waals surface area contributed by atoms with E-state index in [2.05, 4.69) is 5.32 Å². The van der Waals surface area contributed by atoms with Crippen LogP contribution in [0.3, 0.4) is 0 Å². The Balaban J connectivity index is 1.49. The zero-order valence-corrected chi connectivity index (χ0v) is 16.8. The lowest BCUT2D eigenvalue weighted by molar-refractivity contribution is -0.144. The molecule has 7 heteroatoms. The number of amides is 1. The van der Waals surface area contributed by atoms with E-state index in [0.717, 1.165) is 17.5 Å². The van der Waals surface area contributed by atoms with E-state index in [4.69, 9.17) is 25.8 Å². The molecule has 0 aliphatic carbocycles. The van der Waals surface area contributed by atoms with Gasteiger partial charge >= 0.3 is 5.97 Å². The van der Waals surface area contributed by atoms with Gasteiger partial charge in [-0.05, 0) is 42.3 Å². The molecule has 0 saturated heterocycles. The average molecular weight is 416 g/mol. The van der Waals surface area contributed by atoms with E-state index in [0.29, 0.717) is 29.7 Å². The number of hydrogen-bond acceptors (Lipinski definition) is 5. The van der Waals surface area contributed by atoms with Crippen LogP contribution >= 0.6 is 11.6 Å². The van der Waals surface area contributed by atoms with Crippen molar-refractivity contribution in [3.05, 3.63) is 64.7 Å². The van der Waals surface area contributed by atoms with Crippen LogP contribution in [0.25, 0.3) is 6.08 Å². The summed E-state index contributed by atoms with van der Waals surface area (Å²) >= 11 is 6.12. The van der Waals surface area contributed by atoms with Crippen molar-refractivity contribution in [2.45, 2.75) is 19.4 Å². The Morgan fingerprint density at radius 3 is 2.72 bits per heavy atom. The molecule has 0 fully saturated rings. The smallest absolute Gasteiger partial charge is 0.331 e. The molecule has 2 aromatic rings. The number of halogens is 1. The van der Waals surface area contributed by atoms with Crippen LogP contribution in [0.5, 0.6) is 11.5 Å². The molecule has 1 aliphatic rings. The van der Waals surface area contributed by atoms with Gasteiger partial charge < -0.3 is 19.5 Å². The molecule has 29 heavy (non-hydrogen) atoms. The second-order valence-corrected chi connectivity index (χ2v) is 6.92. The van der Waals surface area contributed by atoms with E-state index in [1.165, 1.54) is 6.08 Å². The van der Waals surface area contributed by atoms with E-state index < -0.39 is 11.9 Å². The van der Waals surface area contributed by atoms with Gasteiger partial charge in [-0.15, -0.1) is 0 Å². The summed E-state index contributed by atoms with van der Waals surface area (Å²) in [5.41, 5.74) is 1.56. The first-order valence-electron chi connectivity index (χ1n) is 9.31. The van der Waals surface area contributed by atoms with Crippen molar-refractivity contribution in [3.63, 3.8) is 0 Å². The molecule has 0 spiro atoms. The molecule has 1 amide bonds. The SMILES string of the molecule is C[C@H](NC(=O)COC(=O)/C=C/c1ccc2c(c1)OCCCO2)c1ccccc1Cl. The van der Waals surface area contributed by atoms with Gasteiger partial charge in [0.25, 0.3) is 5.91 Å². The Morgan fingerprint density at radius 2 is 1.93 bits per heavy atom. The molecule has 1 heterocycles. The third kappa shape index (κ3) is 5.99.